The van der Waals surface area contributed by atoms with Crippen LogP contribution in [0.3, 0.4) is 0 Å². The molecular formula is C8H8Br2O2S. The van der Waals surface area contributed by atoms with Gasteiger partial charge < -0.3 is 0 Å². The Kier molecular flexibility index (Phi) is 6.28. The van der Waals surface area contributed by atoms with E-state index in [-0.39, 0.29) is 0 Å². The molecule has 0 saturated carbocycles. The molecule has 0 radical (unpaired) electrons. The summed E-state index contributed by atoms with van der Waals surface area (Å²) in [7, 11) is 0. The normalized spacial score (nSPS) is 9.69. The molecule has 0 aliphatic rings. The molecule has 0 aromatic heterocycles. The van der Waals surface area contributed by atoms with Crippen molar-refractivity contribution < 1.29 is 8.42 Å². The van der Waals surface area contributed by atoms with Gasteiger partial charge in [0.25, 0.3) is 6.70 Å². The van der Waals surface area contributed by atoms with Gasteiger partial charge in [0.2, 0.25) is 0 Å². The van der Waals surface area contributed by atoms with Gasteiger partial charge in [-0.15, -0.1) is 0 Å². The van der Waals surface area contributed by atoms with Crippen molar-refractivity contribution in [3.63, 3.8) is 0 Å². The van der Waals surface area contributed by atoms with Crippen molar-refractivity contribution in [3.05, 3.63) is 42.5 Å². The summed E-state index contributed by atoms with van der Waals surface area (Å²) in [6, 6.07) is 10.0. The second-order valence-corrected chi connectivity index (χ2v) is 10.5. The van der Waals surface area contributed by atoms with Gasteiger partial charge in [0.1, 0.15) is 0 Å². The van der Waals surface area contributed by atoms with E-state index in [1.807, 2.05) is 36.4 Å². The van der Waals surface area contributed by atoms with Crippen molar-refractivity contribution in [2.24, 2.45) is 0 Å². The largest absolute Gasteiger partial charge is 0.268 e. The quantitative estimate of drug-likeness (QED) is 0.741. The first-order chi connectivity index (χ1) is 5.93. The zero-order chi connectivity index (χ0) is 10.3. The molecule has 0 atom stereocenters. The minimum Gasteiger partial charge on any atom is -0.205 e. The molecule has 0 saturated heterocycles. The summed E-state index contributed by atoms with van der Waals surface area (Å²) in [5, 5.41) is 0. The van der Waals surface area contributed by atoms with Crippen molar-refractivity contribution in [2.75, 3.05) is 0 Å². The summed E-state index contributed by atoms with van der Waals surface area (Å²) in [5.74, 6) is 0. The van der Waals surface area contributed by atoms with Crippen LogP contribution in [0.2, 0.25) is 0 Å². The van der Waals surface area contributed by atoms with Gasteiger partial charge in [-0.3, -0.25) is 0 Å². The van der Waals surface area contributed by atoms with Gasteiger partial charge in [0, 0.05) is 0 Å². The average Bonchev–Trinajstić information content (AvgIpc) is 2.03. The van der Waals surface area contributed by atoms with Crippen LogP contribution in [0, 0.1) is 0 Å². The van der Waals surface area contributed by atoms with Gasteiger partial charge in [0.15, 0.2) is 0 Å². The molecule has 0 spiro atoms. The summed E-state index contributed by atoms with van der Waals surface area (Å²) in [4.78, 5) is 0. The van der Waals surface area contributed by atoms with Crippen LogP contribution in [0.4, 0.5) is 0 Å². The number of hydrogen-bond donors (Lipinski definition) is 0. The SMILES string of the molecule is C=Cc1ccccc1.O=S(=O)(Br)Br. The molecule has 0 aliphatic carbocycles. The van der Waals surface area contributed by atoms with E-state index in [2.05, 4.69) is 36.2 Å². The first-order valence-corrected chi connectivity index (χ1v) is 8.42. The maximum Gasteiger partial charge on any atom is 0.268 e. The Morgan fingerprint density at radius 2 is 1.54 bits per heavy atom. The molecule has 0 heterocycles. The molecule has 1 rings (SSSR count). The van der Waals surface area contributed by atoms with Crippen LogP contribution in [0.25, 0.3) is 6.08 Å². The lowest BCUT2D eigenvalue weighted by Crippen LogP contribution is -1.63. The van der Waals surface area contributed by atoms with Crippen LogP contribution < -0.4 is 0 Å². The fourth-order valence-corrected chi connectivity index (χ4v) is 0.589. The van der Waals surface area contributed by atoms with Gasteiger partial charge >= 0.3 is 0 Å². The van der Waals surface area contributed by atoms with Crippen LogP contribution >= 0.6 is 29.6 Å². The zero-order valence-electron chi connectivity index (χ0n) is 6.65. The second kappa shape index (κ2) is 6.34. The van der Waals surface area contributed by atoms with Crippen molar-refractivity contribution in [1.82, 2.24) is 0 Å². The van der Waals surface area contributed by atoms with E-state index in [4.69, 9.17) is 0 Å². The topological polar surface area (TPSA) is 34.1 Å². The van der Waals surface area contributed by atoms with Crippen LogP contribution in [0.1, 0.15) is 5.56 Å². The third kappa shape index (κ3) is 11.9. The molecule has 2 nitrogen and oxygen atoms in total. The summed E-state index contributed by atoms with van der Waals surface area (Å²) >= 11 is 4.53. The number of hydrogen-bond acceptors (Lipinski definition) is 2. The molecule has 1 aromatic rings. The minimum absolute atomic E-state index is 1.17. The summed E-state index contributed by atoms with van der Waals surface area (Å²) in [6.07, 6.45) is 1.83. The van der Waals surface area contributed by atoms with Crippen molar-refractivity contribution in [2.45, 2.75) is 0 Å². The maximum absolute atomic E-state index is 9.47. The highest BCUT2D eigenvalue weighted by atomic mass is 79.9. The molecule has 0 bridgehead atoms. The lowest BCUT2D eigenvalue weighted by molar-refractivity contribution is 0.625. The highest BCUT2D eigenvalue weighted by molar-refractivity contribution is 9.79. The highest BCUT2D eigenvalue weighted by Gasteiger charge is 1.87. The van der Waals surface area contributed by atoms with E-state index in [1.54, 1.807) is 0 Å². The summed E-state index contributed by atoms with van der Waals surface area (Å²) < 4.78 is 18.9. The Labute approximate surface area is 93.0 Å². The molecule has 0 N–H and O–H groups in total. The van der Waals surface area contributed by atoms with Crippen LogP contribution in [0.5, 0.6) is 0 Å². The third-order valence-electron chi connectivity index (χ3n) is 1.04. The molecular weight excluding hydrogens is 320 g/mol. The molecule has 0 fully saturated rings. The van der Waals surface area contributed by atoms with Gasteiger partial charge in [-0.1, -0.05) is 43.0 Å². The molecule has 1 aromatic carbocycles. The molecule has 0 aliphatic heterocycles. The fraction of sp³-hybridized carbons (Fsp3) is 0. The van der Waals surface area contributed by atoms with Crippen molar-refractivity contribution >= 4 is 42.4 Å². The maximum atomic E-state index is 9.47. The number of benzene rings is 1. The first kappa shape index (κ1) is 12.9. The highest BCUT2D eigenvalue weighted by Crippen LogP contribution is 2.06. The molecule has 5 heteroatoms. The molecule has 13 heavy (non-hydrogen) atoms. The second-order valence-electron chi connectivity index (χ2n) is 1.99. The lowest BCUT2D eigenvalue weighted by Gasteiger charge is -1.85. The summed E-state index contributed by atoms with van der Waals surface area (Å²) in [6.45, 7) is 0.589. The van der Waals surface area contributed by atoms with Crippen LogP contribution in [-0.4, -0.2) is 8.42 Å². The number of halogens is 2. The molecule has 72 valence electrons. The average molecular weight is 328 g/mol. The smallest absolute Gasteiger partial charge is 0.205 e. The summed E-state index contributed by atoms with van der Waals surface area (Å²) in [5.41, 5.74) is 1.17. The molecule has 0 unspecified atom stereocenters. The van der Waals surface area contributed by atoms with E-state index in [0.717, 1.165) is 0 Å². The Morgan fingerprint density at radius 1 is 1.15 bits per heavy atom. The van der Waals surface area contributed by atoms with E-state index in [0.29, 0.717) is 0 Å². The Morgan fingerprint density at radius 3 is 1.77 bits per heavy atom. The predicted molar refractivity (Wildman–Crippen MR) is 63.3 cm³/mol. The minimum atomic E-state index is -3.04. The lowest BCUT2D eigenvalue weighted by atomic mass is 10.2. The van der Waals surface area contributed by atoms with E-state index in [9.17, 15) is 8.42 Å². The van der Waals surface area contributed by atoms with Gasteiger partial charge in [0.05, 0.1) is 29.6 Å². The third-order valence-corrected chi connectivity index (χ3v) is 1.04. The van der Waals surface area contributed by atoms with Gasteiger partial charge in [-0.2, -0.15) is 0 Å². The fourth-order valence-electron chi connectivity index (χ4n) is 0.589. The Bertz CT molecular complexity index is 338. The van der Waals surface area contributed by atoms with Crippen molar-refractivity contribution in [1.29, 1.82) is 0 Å². The Hall–Kier alpha value is -0.130. The molecule has 0 amide bonds. The monoisotopic (exact) mass is 326 g/mol. The van der Waals surface area contributed by atoms with E-state index >= 15 is 0 Å². The van der Waals surface area contributed by atoms with Crippen molar-refractivity contribution in [3.8, 4) is 0 Å². The van der Waals surface area contributed by atoms with E-state index in [1.165, 1.54) is 5.56 Å². The van der Waals surface area contributed by atoms with E-state index < -0.39 is 6.70 Å². The zero-order valence-corrected chi connectivity index (χ0v) is 10.6. The first-order valence-electron chi connectivity index (χ1n) is 3.25. The number of rotatable bonds is 1. The van der Waals surface area contributed by atoms with Crippen LogP contribution in [-0.2, 0) is 6.70 Å². The standard InChI is InChI=1S/C8H8.Br2O2S/c1-2-8-6-4-3-5-7-8;1-5(2,3)4/h2-7H,1H2;. The Balaban J connectivity index is 0.000000252. The van der Waals surface area contributed by atoms with Crippen LogP contribution in [0.15, 0.2) is 36.9 Å². The van der Waals surface area contributed by atoms with Gasteiger partial charge in [-0.25, -0.2) is 8.42 Å². The van der Waals surface area contributed by atoms with Gasteiger partial charge in [-0.05, 0) is 5.56 Å². The predicted octanol–water partition coefficient (Wildman–Crippen LogP) is 3.35.